The van der Waals surface area contributed by atoms with E-state index in [1.165, 1.54) is 25.9 Å². The Morgan fingerprint density at radius 1 is 1.23 bits per heavy atom. The molecule has 6 heteroatoms. The Balaban J connectivity index is 1.65. The number of nitrogens with zero attached hydrogens (tertiary/aromatic N) is 4. The Hall–Kier alpha value is -1.40. The normalized spacial score (nSPS) is 25.6. The van der Waals surface area contributed by atoms with Gasteiger partial charge in [-0.05, 0) is 46.8 Å². The van der Waals surface area contributed by atoms with Crippen molar-refractivity contribution >= 4 is 5.95 Å². The highest BCUT2D eigenvalue weighted by Gasteiger charge is 2.31. The second-order valence-electron chi connectivity index (χ2n) is 6.78. The zero-order chi connectivity index (χ0) is 15.7. The lowest BCUT2D eigenvalue weighted by Gasteiger charge is -2.46. The SMILES string of the molecule is Cc1cc(=O)[nH]c(N2CCN(C3CCN(C)CC3)C(C)C2)n1. The van der Waals surface area contributed by atoms with Gasteiger partial charge in [-0.1, -0.05) is 0 Å². The maximum Gasteiger partial charge on any atom is 0.252 e. The Morgan fingerprint density at radius 3 is 2.59 bits per heavy atom. The van der Waals surface area contributed by atoms with Crippen molar-refractivity contribution in [3.8, 4) is 0 Å². The van der Waals surface area contributed by atoms with E-state index in [1.54, 1.807) is 6.07 Å². The first kappa shape index (κ1) is 15.5. The number of piperazine rings is 1. The van der Waals surface area contributed by atoms with Gasteiger partial charge < -0.3 is 9.80 Å². The smallest absolute Gasteiger partial charge is 0.252 e. The Kier molecular flexibility index (Phi) is 4.49. The van der Waals surface area contributed by atoms with Gasteiger partial charge in [0.1, 0.15) is 0 Å². The third kappa shape index (κ3) is 3.33. The molecule has 1 aromatic heterocycles. The molecular weight excluding hydrogens is 278 g/mol. The van der Waals surface area contributed by atoms with Crippen molar-refractivity contribution in [2.75, 3.05) is 44.7 Å². The number of hydrogen-bond donors (Lipinski definition) is 1. The lowest BCUT2D eigenvalue weighted by Crippen LogP contribution is -2.57. The lowest BCUT2D eigenvalue weighted by atomic mass is 10.0. The second kappa shape index (κ2) is 6.38. The van der Waals surface area contributed by atoms with Gasteiger partial charge in [0.25, 0.3) is 5.56 Å². The van der Waals surface area contributed by atoms with Gasteiger partial charge in [-0.3, -0.25) is 14.7 Å². The summed E-state index contributed by atoms with van der Waals surface area (Å²) in [5.41, 5.74) is 0.719. The van der Waals surface area contributed by atoms with Crippen LogP contribution >= 0.6 is 0 Å². The number of nitrogens with one attached hydrogen (secondary N) is 1. The van der Waals surface area contributed by atoms with E-state index in [2.05, 4.69) is 38.6 Å². The van der Waals surface area contributed by atoms with Crippen molar-refractivity contribution in [2.24, 2.45) is 0 Å². The molecule has 1 atom stereocenters. The molecule has 0 saturated carbocycles. The molecule has 6 nitrogen and oxygen atoms in total. The fraction of sp³-hybridized carbons (Fsp3) is 0.750. The fourth-order valence-electron chi connectivity index (χ4n) is 3.75. The first-order valence-corrected chi connectivity index (χ1v) is 8.30. The summed E-state index contributed by atoms with van der Waals surface area (Å²) in [6.45, 7) is 9.47. The molecule has 2 saturated heterocycles. The third-order valence-corrected chi connectivity index (χ3v) is 4.99. The number of H-pyrrole nitrogens is 1. The summed E-state index contributed by atoms with van der Waals surface area (Å²) in [5, 5.41) is 0. The van der Waals surface area contributed by atoms with Crippen LogP contribution in [0.1, 0.15) is 25.5 Å². The average molecular weight is 305 g/mol. The molecule has 0 radical (unpaired) electrons. The Labute approximate surface area is 132 Å². The number of likely N-dealkylation sites (tertiary alicyclic amines) is 1. The molecule has 1 N–H and O–H groups in total. The number of hydrogen-bond acceptors (Lipinski definition) is 5. The molecule has 3 heterocycles. The number of aromatic amines is 1. The summed E-state index contributed by atoms with van der Waals surface area (Å²) in [4.78, 5) is 26.3. The quantitative estimate of drug-likeness (QED) is 0.871. The zero-order valence-corrected chi connectivity index (χ0v) is 13.9. The lowest BCUT2D eigenvalue weighted by molar-refractivity contribution is 0.0789. The Morgan fingerprint density at radius 2 is 1.95 bits per heavy atom. The number of piperidine rings is 1. The van der Waals surface area contributed by atoms with Crippen LogP contribution in [0.4, 0.5) is 5.95 Å². The molecule has 122 valence electrons. The van der Waals surface area contributed by atoms with Gasteiger partial charge in [-0.15, -0.1) is 0 Å². The van der Waals surface area contributed by atoms with Gasteiger partial charge in [-0.25, -0.2) is 4.98 Å². The number of aryl methyl sites for hydroxylation is 1. The van der Waals surface area contributed by atoms with Crippen LogP contribution in [0.15, 0.2) is 10.9 Å². The van der Waals surface area contributed by atoms with E-state index in [-0.39, 0.29) is 5.56 Å². The molecule has 1 aromatic rings. The van der Waals surface area contributed by atoms with Crippen LogP contribution in [0.25, 0.3) is 0 Å². The third-order valence-electron chi connectivity index (χ3n) is 4.99. The molecule has 2 aliphatic rings. The van der Waals surface area contributed by atoms with Crippen molar-refractivity contribution in [2.45, 2.75) is 38.8 Å². The summed E-state index contributed by atoms with van der Waals surface area (Å²) in [6, 6.07) is 2.74. The highest BCUT2D eigenvalue weighted by atomic mass is 16.1. The van der Waals surface area contributed by atoms with Gasteiger partial charge in [-0.2, -0.15) is 0 Å². The predicted octanol–water partition coefficient (Wildman–Crippen LogP) is 0.683. The second-order valence-corrected chi connectivity index (χ2v) is 6.78. The van der Waals surface area contributed by atoms with Crippen LogP contribution in [0.2, 0.25) is 0 Å². The van der Waals surface area contributed by atoms with Crippen LogP contribution in [0, 0.1) is 6.92 Å². The highest BCUT2D eigenvalue weighted by molar-refractivity contribution is 5.31. The summed E-state index contributed by atoms with van der Waals surface area (Å²) in [5.74, 6) is 0.722. The molecule has 22 heavy (non-hydrogen) atoms. The summed E-state index contributed by atoms with van der Waals surface area (Å²) < 4.78 is 0. The average Bonchev–Trinajstić information content (AvgIpc) is 2.47. The van der Waals surface area contributed by atoms with E-state index < -0.39 is 0 Å². The minimum atomic E-state index is -0.0621. The van der Waals surface area contributed by atoms with Crippen molar-refractivity contribution in [3.05, 3.63) is 22.1 Å². The van der Waals surface area contributed by atoms with Crippen molar-refractivity contribution < 1.29 is 0 Å². The van der Waals surface area contributed by atoms with Crippen molar-refractivity contribution in [3.63, 3.8) is 0 Å². The molecule has 3 rings (SSSR count). The van der Waals surface area contributed by atoms with E-state index in [0.717, 1.165) is 31.3 Å². The van der Waals surface area contributed by atoms with Gasteiger partial charge in [0.05, 0.1) is 0 Å². The minimum Gasteiger partial charge on any atom is -0.339 e. The predicted molar refractivity (Wildman–Crippen MR) is 88.5 cm³/mol. The Bertz CT molecular complexity index is 564. The first-order chi connectivity index (χ1) is 10.5. The minimum absolute atomic E-state index is 0.0621. The van der Waals surface area contributed by atoms with E-state index in [0.29, 0.717) is 12.1 Å². The monoisotopic (exact) mass is 305 g/mol. The van der Waals surface area contributed by atoms with E-state index in [9.17, 15) is 4.79 Å². The molecule has 0 bridgehead atoms. The summed E-state index contributed by atoms with van der Waals surface area (Å²) in [6.07, 6.45) is 2.53. The number of aromatic nitrogens is 2. The summed E-state index contributed by atoms with van der Waals surface area (Å²) in [7, 11) is 2.21. The molecule has 0 spiro atoms. The van der Waals surface area contributed by atoms with Crippen LogP contribution in [0.5, 0.6) is 0 Å². The molecule has 0 aliphatic carbocycles. The van der Waals surface area contributed by atoms with Gasteiger partial charge in [0, 0.05) is 43.5 Å². The van der Waals surface area contributed by atoms with Crippen LogP contribution in [0.3, 0.4) is 0 Å². The zero-order valence-electron chi connectivity index (χ0n) is 13.9. The molecule has 1 unspecified atom stereocenters. The molecule has 0 aromatic carbocycles. The standard InChI is InChI=1S/C16H27N5O/c1-12-10-15(22)18-16(17-12)20-8-9-21(13(2)11-20)14-4-6-19(3)7-5-14/h10,13-14H,4-9,11H2,1-3H3,(H,17,18,22). The summed E-state index contributed by atoms with van der Waals surface area (Å²) >= 11 is 0. The van der Waals surface area contributed by atoms with Crippen molar-refractivity contribution in [1.82, 2.24) is 19.8 Å². The molecule has 0 amide bonds. The van der Waals surface area contributed by atoms with E-state index in [1.807, 2.05) is 6.92 Å². The molecule has 2 aliphatic heterocycles. The van der Waals surface area contributed by atoms with E-state index in [4.69, 9.17) is 0 Å². The molecule has 2 fully saturated rings. The van der Waals surface area contributed by atoms with Gasteiger partial charge >= 0.3 is 0 Å². The van der Waals surface area contributed by atoms with E-state index >= 15 is 0 Å². The highest BCUT2D eigenvalue weighted by Crippen LogP contribution is 2.22. The van der Waals surface area contributed by atoms with Crippen LogP contribution < -0.4 is 10.5 Å². The van der Waals surface area contributed by atoms with Crippen LogP contribution in [-0.4, -0.2) is 71.6 Å². The van der Waals surface area contributed by atoms with Crippen molar-refractivity contribution in [1.29, 1.82) is 0 Å². The maximum atomic E-state index is 11.6. The fourth-order valence-corrected chi connectivity index (χ4v) is 3.75. The largest absolute Gasteiger partial charge is 0.339 e. The number of rotatable bonds is 2. The first-order valence-electron chi connectivity index (χ1n) is 8.30. The number of anilines is 1. The van der Waals surface area contributed by atoms with Gasteiger partial charge in [0.2, 0.25) is 5.95 Å². The van der Waals surface area contributed by atoms with Gasteiger partial charge in [0.15, 0.2) is 0 Å². The van der Waals surface area contributed by atoms with Crippen LogP contribution in [-0.2, 0) is 0 Å². The maximum absolute atomic E-state index is 11.6. The topological polar surface area (TPSA) is 55.5 Å². The molecular formula is C16H27N5O.